The van der Waals surface area contributed by atoms with Crippen LogP contribution in [0.1, 0.15) is 31.4 Å². The molecule has 0 aliphatic carbocycles. The van der Waals surface area contributed by atoms with Crippen LogP contribution in [0.4, 0.5) is 0 Å². The number of rotatable bonds is 3. The fourth-order valence-corrected chi connectivity index (χ4v) is 3.55. The van der Waals surface area contributed by atoms with Gasteiger partial charge in [-0.05, 0) is 30.5 Å². The molecule has 2 aromatic rings. The largest absolute Gasteiger partial charge is 0.388 e. The summed E-state index contributed by atoms with van der Waals surface area (Å²) in [5, 5.41) is 10.7. The van der Waals surface area contributed by atoms with Crippen LogP contribution >= 0.6 is 15.9 Å². The van der Waals surface area contributed by atoms with Crippen LogP contribution in [0.15, 0.2) is 21.4 Å². The molecule has 1 aliphatic heterocycles. The van der Waals surface area contributed by atoms with Gasteiger partial charge < -0.3 is 19.8 Å². The third kappa shape index (κ3) is 2.32. The Kier molecular flexibility index (Phi) is 3.70. The molecule has 3 N–H and O–H groups in total. The van der Waals surface area contributed by atoms with Crippen LogP contribution in [0, 0.1) is 5.92 Å². The first-order valence-corrected chi connectivity index (χ1v) is 7.60. The second-order valence-corrected chi connectivity index (χ2v) is 6.07. The van der Waals surface area contributed by atoms with Crippen molar-refractivity contribution in [1.82, 2.24) is 9.97 Å². The number of aliphatic hydroxyl groups is 1. The fraction of sp³-hybridized carbons (Fsp3) is 0.500. The SMILES string of the molecule is CCC1OCCC1C(O)c1cc2[nH]c(=O)[nH]c2cc1Br. The van der Waals surface area contributed by atoms with Gasteiger partial charge in [0.2, 0.25) is 0 Å². The number of aromatic nitrogens is 2. The molecule has 1 aromatic carbocycles. The molecule has 1 aromatic heterocycles. The Morgan fingerprint density at radius 3 is 2.85 bits per heavy atom. The van der Waals surface area contributed by atoms with Gasteiger partial charge in [0.05, 0.1) is 23.2 Å². The Bertz CT molecular complexity index is 679. The van der Waals surface area contributed by atoms with Gasteiger partial charge in [0.15, 0.2) is 0 Å². The predicted octanol–water partition coefficient (Wildman–Crippen LogP) is 2.47. The third-order valence-electron chi connectivity index (χ3n) is 4.02. The molecule has 108 valence electrons. The molecule has 1 aliphatic rings. The molecule has 0 amide bonds. The van der Waals surface area contributed by atoms with Crippen molar-refractivity contribution in [2.75, 3.05) is 6.61 Å². The highest BCUT2D eigenvalue weighted by Gasteiger charge is 2.34. The van der Waals surface area contributed by atoms with E-state index in [4.69, 9.17) is 4.74 Å². The van der Waals surface area contributed by atoms with Crippen molar-refractivity contribution >= 4 is 27.0 Å². The highest BCUT2D eigenvalue weighted by atomic mass is 79.9. The maximum absolute atomic E-state index is 11.3. The van der Waals surface area contributed by atoms with Gasteiger partial charge >= 0.3 is 5.69 Å². The maximum Gasteiger partial charge on any atom is 0.323 e. The van der Waals surface area contributed by atoms with Gasteiger partial charge in [-0.2, -0.15) is 0 Å². The summed E-state index contributed by atoms with van der Waals surface area (Å²) in [5.41, 5.74) is 1.99. The number of nitrogens with one attached hydrogen (secondary N) is 2. The zero-order valence-corrected chi connectivity index (χ0v) is 12.7. The lowest BCUT2D eigenvalue weighted by Crippen LogP contribution is -2.22. The first-order chi connectivity index (χ1) is 9.60. The summed E-state index contributed by atoms with van der Waals surface area (Å²) in [6, 6.07) is 3.65. The predicted molar refractivity (Wildman–Crippen MR) is 79.7 cm³/mol. The monoisotopic (exact) mass is 340 g/mol. The lowest BCUT2D eigenvalue weighted by molar-refractivity contribution is 0.0305. The van der Waals surface area contributed by atoms with Gasteiger partial charge in [-0.3, -0.25) is 0 Å². The van der Waals surface area contributed by atoms with E-state index in [-0.39, 0.29) is 17.7 Å². The minimum atomic E-state index is -0.598. The van der Waals surface area contributed by atoms with Gasteiger partial charge in [-0.1, -0.05) is 22.9 Å². The van der Waals surface area contributed by atoms with Crippen LogP contribution in [0.5, 0.6) is 0 Å². The van der Waals surface area contributed by atoms with Gasteiger partial charge in [0, 0.05) is 17.0 Å². The summed E-state index contributed by atoms with van der Waals surface area (Å²) in [7, 11) is 0. The van der Waals surface area contributed by atoms with E-state index < -0.39 is 6.10 Å². The molecule has 0 bridgehead atoms. The Morgan fingerprint density at radius 2 is 2.15 bits per heavy atom. The number of H-pyrrole nitrogens is 2. The number of fused-ring (bicyclic) bond motifs is 1. The molecule has 0 saturated carbocycles. The van der Waals surface area contributed by atoms with E-state index >= 15 is 0 Å². The summed E-state index contributed by atoms with van der Waals surface area (Å²) in [4.78, 5) is 16.8. The number of hydrogen-bond donors (Lipinski definition) is 3. The van der Waals surface area contributed by atoms with Gasteiger partial charge in [-0.25, -0.2) is 4.79 Å². The van der Waals surface area contributed by atoms with E-state index in [1.54, 1.807) is 0 Å². The summed E-state index contributed by atoms with van der Waals surface area (Å²) in [6.45, 7) is 2.76. The van der Waals surface area contributed by atoms with E-state index in [1.807, 2.05) is 12.1 Å². The van der Waals surface area contributed by atoms with Crippen molar-refractivity contribution in [3.8, 4) is 0 Å². The van der Waals surface area contributed by atoms with Crippen LogP contribution in [0.2, 0.25) is 0 Å². The summed E-state index contributed by atoms with van der Waals surface area (Å²) >= 11 is 3.48. The summed E-state index contributed by atoms with van der Waals surface area (Å²) < 4.78 is 6.45. The Balaban J connectivity index is 2.00. The van der Waals surface area contributed by atoms with Crippen molar-refractivity contribution in [1.29, 1.82) is 0 Å². The molecular weight excluding hydrogens is 324 g/mol. The number of imidazole rings is 1. The van der Waals surface area contributed by atoms with Crippen molar-refractivity contribution in [3.05, 3.63) is 32.7 Å². The van der Waals surface area contributed by atoms with Crippen LogP contribution in [-0.4, -0.2) is 27.8 Å². The quantitative estimate of drug-likeness (QED) is 0.803. The van der Waals surface area contributed by atoms with Crippen LogP contribution in [0.3, 0.4) is 0 Å². The zero-order valence-electron chi connectivity index (χ0n) is 11.1. The first kappa shape index (κ1) is 13.9. The molecule has 0 radical (unpaired) electrons. The van der Waals surface area contributed by atoms with Crippen molar-refractivity contribution < 1.29 is 9.84 Å². The molecule has 5 nitrogen and oxygen atoms in total. The van der Waals surface area contributed by atoms with E-state index in [2.05, 4.69) is 32.8 Å². The topological polar surface area (TPSA) is 78.1 Å². The minimum Gasteiger partial charge on any atom is -0.388 e. The second-order valence-electron chi connectivity index (χ2n) is 5.21. The molecular formula is C14H17BrN2O3. The highest BCUT2D eigenvalue weighted by molar-refractivity contribution is 9.10. The molecule has 3 atom stereocenters. The highest BCUT2D eigenvalue weighted by Crippen LogP contribution is 2.38. The van der Waals surface area contributed by atoms with E-state index in [0.29, 0.717) is 12.1 Å². The number of aliphatic hydroxyl groups excluding tert-OH is 1. The minimum absolute atomic E-state index is 0.0953. The van der Waals surface area contributed by atoms with Gasteiger partial charge in [0.25, 0.3) is 0 Å². The van der Waals surface area contributed by atoms with Crippen LogP contribution < -0.4 is 5.69 Å². The number of hydrogen-bond acceptors (Lipinski definition) is 3. The molecule has 20 heavy (non-hydrogen) atoms. The number of aromatic amines is 2. The number of benzene rings is 1. The maximum atomic E-state index is 11.3. The Hall–Kier alpha value is -1.11. The van der Waals surface area contributed by atoms with Gasteiger partial charge in [-0.15, -0.1) is 0 Å². The number of halogens is 1. The average molecular weight is 341 g/mol. The normalized spacial score (nSPS) is 24.4. The van der Waals surface area contributed by atoms with Crippen molar-refractivity contribution in [2.45, 2.75) is 32.0 Å². The van der Waals surface area contributed by atoms with Gasteiger partial charge in [0.1, 0.15) is 0 Å². The molecule has 6 heteroatoms. The lowest BCUT2D eigenvalue weighted by Gasteiger charge is -2.23. The van der Waals surface area contributed by atoms with E-state index in [9.17, 15) is 9.90 Å². The standard InChI is InChI=1S/C14H17BrN2O3/c1-2-12-7(3-4-20-12)13(18)8-5-10-11(6-9(8)15)17-14(19)16-10/h5-7,12-13,18H,2-4H2,1H3,(H2,16,17,19). The lowest BCUT2D eigenvalue weighted by atomic mass is 9.89. The second kappa shape index (κ2) is 5.35. The number of ether oxygens (including phenoxy) is 1. The first-order valence-electron chi connectivity index (χ1n) is 6.81. The summed E-state index contributed by atoms with van der Waals surface area (Å²) in [6.07, 6.45) is 1.24. The van der Waals surface area contributed by atoms with Crippen LogP contribution in [-0.2, 0) is 4.74 Å². The molecule has 0 spiro atoms. The zero-order chi connectivity index (χ0) is 14.3. The molecule has 3 rings (SSSR count). The molecule has 2 heterocycles. The third-order valence-corrected chi connectivity index (χ3v) is 4.71. The van der Waals surface area contributed by atoms with Crippen molar-refractivity contribution in [3.63, 3.8) is 0 Å². The Morgan fingerprint density at radius 1 is 1.45 bits per heavy atom. The van der Waals surface area contributed by atoms with E-state index in [0.717, 1.165) is 28.4 Å². The van der Waals surface area contributed by atoms with Crippen LogP contribution in [0.25, 0.3) is 11.0 Å². The molecule has 1 saturated heterocycles. The Labute approximate surface area is 124 Å². The van der Waals surface area contributed by atoms with E-state index in [1.165, 1.54) is 0 Å². The smallest absolute Gasteiger partial charge is 0.323 e. The molecule has 3 unspecified atom stereocenters. The molecule has 1 fully saturated rings. The fourth-order valence-electron chi connectivity index (χ4n) is 2.98. The van der Waals surface area contributed by atoms with Crippen molar-refractivity contribution in [2.24, 2.45) is 5.92 Å². The summed E-state index contributed by atoms with van der Waals surface area (Å²) in [5.74, 6) is 0.0967. The average Bonchev–Trinajstić information content (AvgIpc) is 3.01.